The van der Waals surface area contributed by atoms with Crippen molar-refractivity contribution in [3.63, 3.8) is 0 Å². The molecule has 0 unspecified atom stereocenters. The molecule has 2 nitrogen and oxygen atoms in total. The topological polar surface area (TPSA) is 30.2 Å². The Bertz CT molecular complexity index is 723. The lowest BCUT2D eigenvalue weighted by Gasteiger charge is -2.11. The quantitative estimate of drug-likeness (QED) is 0.689. The van der Waals surface area contributed by atoms with Gasteiger partial charge in [0.25, 0.3) is 0 Å². The Kier molecular flexibility index (Phi) is 2.83. The van der Waals surface area contributed by atoms with Crippen LogP contribution in [-0.2, 0) is 6.42 Å². The van der Waals surface area contributed by atoms with Crippen LogP contribution in [0.1, 0.15) is 5.56 Å². The van der Waals surface area contributed by atoms with Crippen LogP contribution in [0.4, 0.5) is 13.2 Å². The van der Waals surface area contributed by atoms with E-state index in [9.17, 15) is 18.0 Å². The molecule has 3 rings (SSSR count). The molecule has 0 N–H and O–H groups in total. The highest BCUT2D eigenvalue weighted by Crippen LogP contribution is 2.45. The zero-order valence-electron chi connectivity index (χ0n) is 9.25. The molecule has 0 spiro atoms. The van der Waals surface area contributed by atoms with Gasteiger partial charge in [-0.15, -0.1) is 11.8 Å². The van der Waals surface area contributed by atoms with Crippen molar-refractivity contribution in [1.29, 1.82) is 0 Å². The van der Waals surface area contributed by atoms with Crippen LogP contribution in [-0.4, -0.2) is 11.4 Å². The largest absolute Gasteiger partial charge is 0.422 e. The molecule has 7 heteroatoms. The fraction of sp³-hybridized carbons (Fsp3) is 0.250. The van der Waals surface area contributed by atoms with E-state index in [2.05, 4.69) is 0 Å². The molecule has 0 bridgehead atoms. The van der Waals surface area contributed by atoms with Crippen LogP contribution in [0.25, 0.3) is 11.0 Å². The van der Waals surface area contributed by atoms with Gasteiger partial charge in [-0.05, 0) is 30.2 Å². The number of hydrogen-bond donors (Lipinski definition) is 0. The van der Waals surface area contributed by atoms with Crippen molar-refractivity contribution in [1.82, 2.24) is 0 Å². The number of fused-ring (bicyclic) bond motifs is 3. The van der Waals surface area contributed by atoms with Crippen molar-refractivity contribution in [3.05, 3.63) is 39.2 Å². The van der Waals surface area contributed by atoms with Gasteiger partial charge in [-0.25, -0.2) is 4.79 Å². The Morgan fingerprint density at radius 3 is 2.79 bits per heavy atom. The maximum absolute atomic E-state index is 12.8. The molecule has 100 valence electrons. The molecule has 0 radical (unpaired) electrons. The summed E-state index contributed by atoms with van der Waals surface area (Å²) < 4.78 is 43.3. The van der Waals surface area contributed by atoms with Crippen molar-refractivity contribution < 1.29 is 17.6 Å². The summed E-state index contributed by atoms with van der Waals surface area (Å²) in [5.41, 5.74) is -0.0841. The number of thioether (sulfide) groups is 1. The fourth-order valence-electron chi connectivity index (χ4n) is 2.09. The minimum atomic E-state index is -4.35. The predicted octanol–water partition coefficient (Wildman–Crippen LogP) is 4.03. The first-order valence-electron chi connectivity index (χ1n) is 5.35. The van der Waals surface area contributed by atoms with Crippen LogP contribution in [0, 0.1) is 0 Å². The average molecular weight is 307 g/mol. The van der Waals surface area contributed by atoms with Gasteiger partial charge in [-0.3, -0.25) is 0 Å². The number of hydrogen-bond acceptors (Lipinski definition) is 3. The molecule has 0 saturated carbocycles. The highest BCUT2D eigenvalue weighted by Gasteiger charge is 2.45. The standard InChI is InChI=1S/C12H6ClF3O2S/c13-5-1-2-8-6(3-5)7-4-9(12(14,15)16)19-10(7)11(17)18-8/h1-3,9H,4H2/t9-/m1/s1. The molecule has 2 heterocycles. The third-order valence-corrected chi connectivity index (χ3v) is 4.55. The average Bonchev–Trinajstić information content (AvgIpc) is 2.76. The number of alkyl halides is 3. The highest BCUT2D eigenvalue weighted by atomic mass is 35.5. The Balaban J connectivity index is 2.23. The van der Waals surface area contributed by atoms with E-state index in [0.717, 1.165) is 0 Å². The molecule has 1 aromatic heterocycles. The van der Waals surface area contributed by atoms with Gasteiger partial charge in [-0.1, -0.05) is 11.6 Å². The maximum Gasteiger partial charge on any atom is 0.401 e. The monoisotopic (exact) mass is 306 g/mol. The van der Waals surface area contributed by atoms with E-state index in [1.807, 2.05) is 0 Å². The Labute approximate surface area is 114 Å². The molecule has 1 atom stereocenters. The van der Waals surface area contributed by atoms with Crippen LogP contribution in [0.15, 0.2) is 32.3 Å². The van der Waals surface area contributed by atoms with Crippen molar-refractivity contribution in [3.8, 4) is 0 Å². The third kappa shape index (κ3) is 2.12. The lowest BCUT2D eigenvalue weighted by atomic mass is 10.1. The Hall–Kier alpha value is -1.14. The SMILES string of the molecule is O=c1oc2ccc(Cl)cc2c2c1S[C@@H](C(F)(F)F)C2. The van der Waals surface area contributed by atoms with Crippen LogP contribution >= 0.6 is 23.4 Å². The van der Waals surface area contributed by atoms with Gasteiger partial charge in [-0.2, -0.15) is 13.2 Å². The van der Waals surface area contributed by atoms with Gasteiger partial charge in [0.1, 0.15) is 10.8 Å². The molecule has 2 aromatic rings. The smallest absolute Gasteiger partial charge is 0.401 e. The van der Waals surface area contributed by atoms with Gasteiger partial charge in [0.05, 0.1) is 4.90 Å². The molecular weight excluding hydrogens is 301 g/mol. The molecule has 1 aliphatic heterocycles. The van der Waals surface area contributed by atoms with E-state index in [0.29, 0.717) is 27.7 Å². The third-order valence-electron chi connectivity index (χ3n) is 2.94. The first-order chi connectivity index (χ1) is 8.86. The van der Waals surface area contributed by atoms with E-state index in [1.54, 1.807) is 0 Å². The highest BCUT2D eigenvalue weighted by molar-refractivity contribution is 8.00. The van der Waals surface area contributed by atoms with E-state index in [-0.39, 0.29) is 16.9 Å². The second-order valence-electron chi connectivity index (χ2n) is 4.19. The molecule has 0 amide bonds. The Morgan fingerprint density at radius 1 is 1.37 bits per heavy atom. The lowest BCUT2D eigenvalue weighted by molar-refractivity contribution is -0.127. The summed E-state index contributed by atoms with van der Waals surface area (Å²) in [5, 5.41) is -0.736. The second kappa shape index (κ2) is 4.18. The minimum Gasteiger partial charge on any atom is -0.422 e. The van der Waals surface area contributed by atoms with E-state index >= 15 is 0 Å². The van der Waals surface area contributed by atoms with Crippen molar-refractivity contribution in [2.45, 2.75) is 22.7 Å². The molecule has 1 aliphatic rings. The van der Waals surface area contributed by atoms with Gasteiger partial charge >= 0.3 is 11.8 Å². The maximum atomic E-state index is 12.8. The first kappa shape index (κ1) is 12.9. The second-order valence-corrected chi connectivity index (χ2v) is 5.84. The van der Waals surface area contributed by atoms with Crippen LogP contribution in [0.5, 0.6) is 0 Å². The number of rotatable bonds is 0. The predicted molar refractivity (Wildman–Crippen MR) is 66.9 cm³/mol. The van der Waals surface area contributed by atoms with Crippen LogP contribution < -0.4 is 5.63 Å². The zero-order chi connectivity index (χ0) is 13.8. The molecule has 0 aliphatic carbocycles. The number of benzene rings is 1. The summed E-state index contributed by atoms with van der Waals surface area (Å²) in [6.07, 6.45) is -4.58. The molecule has 1 aromatic carbocycles. The molecule has 0 fully saturated rings. The lowest BCUT2D eigenvalue weighted by Crippen LogP contribution is -2.24. The fourth-order valence-corrected chi connectivity index (χ4v) is 3.41. The van der Waals surface area contributed by atoms with Crippen molar-refractivity contribution in [2.24, 2.45) is 0 Å². The summed E-state index contributed by atoms with van der Waals surface area (Å²) >= 11 is 6.35. The van der Waals surface area contributed by atoms with E-state index in [1.165, 1.54) is 18.2 Å². The van der Waals surface area contributed by atoms with Gasteiger partial charge in [0.15, 0.2) is 0 Å². The summed E-state index contributed by atoms with van der Waals surface area (Å²) in [4.78, 5) is 11.7. The molecule has 0 saturated heterocycles. The Morgan fingerprint density at radius 2 is 2.11 bits per heavy atom. The first-order valence-corrected chi connectivity index (χ1v) is 6.60. The summed E-state index contributed by atoms with van der Waals surface area (Å²) in [6, 6.07) is 4.55. The summed E-state index contributed by atoms with van der Waals surface area (Å²) in [7, 11) is 0. The van der Waals surface area contributed by atoms with Gasteiger partial charge in [0, 0.05) is 10.4 Å². The molecule has 19 heavy (non-hydrogen) atoms. The van der Waals surface area contributed by atoms with Gasteiger partial charge in [0.2, 0.25) is 0 Å². The normalized spacial score (nSPS) is 18.8. The molecular formula is C12H6ClF3O2S. The van der Waals surface area contributed by atoms with Crippen LogP contribution in [0.2, 0.25) is 5.02 Å². The summed E-state index contributed by atoms with van der Waals surface area (Å²) in [6.45, 7) is 0. The van der Waals surface area contributed by atoms with E-state index < -0.39 is 17.1 Å². The summed E-state index contributed by atoms with van der Waals surface area (Å²) in [5.74, 6) is 0. The van der Waals surface area contributed by atoms with Gasteiger partial charge < -0.3 is 4.42 Å². The van der Waals surface area contributed by atoms with Crippen LogP contribution in [0.3, 0.4) is 0 Å². The number of halogens is 4. The van der Waals surface area contributed by atoms with Crippen molar-refractivity contribution >= 4 is 34.3 Å². The zero-order valence-corrected chi connectivity index (χ0v) is 10.8. The van der Waals surface area contributed by atoms with Crippen molar-refractivity contribution in [2.75, 3.05) is 0 Å². The minimum absolute atomic E-state index is 0.0390. The van der Waals surface area contributed by atoms with E-state index in [4.69, 9.17) is 16.0 Å².